The molecule has 214 valence electrons. The van der Waals surface area contributed by atoms with Gasteiger partial charge in [-0.1, -0.05) is 30.3 Å². The second kappa shape index (κ2) is 16.3. The number of rotatable bonds is 16. The summed E-state index contributed by atoms with van der Waals surface area (Å²) in [6, 6.07) is 13.5. The minimum Gasteiger partial charge on any atom is -0.385 e. The van der Waals surface area contributed by atoms with Gasteiger partial charge in [0.1, 0.15) is 12.6 Å². The molecule has 0 radical (unpaired) electrons. The van der Waals surface area contributed by atoms with Gasteiger partial charge in [-0.25, -0.2) is 5.53 Å². The fraction of sp³-hybridized carbons (Fsp3) is 0.433. The molecule has 2 aromatic rings. The lowest BCUT2D eigenvalue weighted by molar-refractivity contribution is -0.126. The SMILES string of the molecule is CNC(=O)C(CCC=O)N(C)Cc1c(C=O)cccc1CC/C(=C/NCc1cccc(N2CCOCC2)c1)N=N. The van der Waals surface area contributed by atoms with Crippen molar-refractivity contribution in [1.82, 2.24) is 15.5 Å². The Hall–Kier alpha value is -3.89. The molecule has 40 heavy (non-hydrogen) atoms. The number of carbonyl (C=O) groups excluding carboxylic acids is 3. The molecule has 1 saturated heterocycles. The summed E-state index contributed by atoms with van der Waals surface area (Å²) in [5.74, 6) is -0.172. The van der Waals surface area contributed by atoms with Crippen molar-refractivity contribution in [1.29, 1.82) is 5.53 Å². The van der Waals surface area contributed by atoms with E-state index in [9.17, 15) is 14.4 Å². The van der Waals surface area contributed by atoms with Crippen molar-refractivity contribution in [2.45, 2.75) is 44.8 Å². The molecular weight excluding hydrogens is 508 g/mol. The molecule has 0 aliphatic carbocycles. The van der Waals surface area contributed by atoms with Gasteiger partial charge in [-0.2, -0.15) is 5.11 Å². The Morgan fingerprint density at radius 3 is 2.67 bits per heavy atom. The van der Waals surface area contributed by atoms with Crippen LogP contribution in [0.15, 0.2) is 59.5 Å². The van der Waals surface area contributed by atoms with E-state index in [1.807, 2.05) is 30.1 Å². The van der Waals surface area contributed by atoms with Crippen LogP contribution in [-0.2, 0) is 33.8 Å². The number of anilines is 1. The van der Waals surface area contributed by atoms with Crippen LogP contribution in [0.1, 0.15) is 46.3 Å². The number of hydrogen-bond donors (Lipinski definition) is 3. The van der Waals surface area contributed by atoms with E-state index >= 15 is 0 Å². The highest BCUT2D eigenvalue weighted by Gasteiger charge is 2.23. The molecule has 1 aliphatic rings. The van der Waals surface area contributed by atoms with Crippen molar-refractivity contribution in [2.24, 2.45) is 5.11 Å². The molecule has 3 rings (SSSR count). The third kappa shape index (κ3) is 8.82. The minimum absolute atomic E-state index is 0.172. The average Bonchev–Trinajstić information content (AvgIpc) is 2.99. The summed E-state index contributed by atoms with van der Waals surface area (Å²) >= 11 is 0. The highest BCUT2D eigenvalue weighted by molar-refractivity contribution is 5.82. The molecule has 2 aromatic carbocycles. The highest BCUT2D eigenvalue weighted by Crippen LogP contribution is 2.22. The van der Waals surface area contributed by atoms with Gasteiger partial charge in [0.05, 0.1) is 25.0 Å². The van der Waals surface area contributed by atoms with Gasteiger partial charge in [0.2, 0.25) is 5.91 Å². The number of carbonyl (C=O) groups is 3. The van der Waals surface area contributed by atoms with Crippen LogP contribution in [0, 0.1) is 5.53 Å². The van der Waals surface area contributed by atoms with Crippen LogP contribution < -0.4 is 15.5 Å². The van der Waals surface area contributed by atoms with Gasteiger partial charge in [0, 0.05) is 57.1 Å². The number of aldehydes is 2. The van der Waals surface area contributed by atoms with Crippen molar-refractivity contribution >= 4 is 24.2 Å². The lowest BCUT2D eigenvalue weighted by atomic mass is 9.96. The van der Waals surface area contributed by atoms with E-state index < -0.39 is 6.04 Å². The zero-order chi connectivity index (χ0) is 28.7. The average molecular weight is 549 g/mol. The predicted octanol–water partition coefficient (Wildman–Crippen LogP) is 3.46. The summed E-state index contributed by atoms with van der Waals surface area (Å²) in [5.41, 5.74) is 12.9. The van der Waals surface area contributed by atoms with E-state index in [0.717, 1.165) is 55.6 Å². The van der Waals surface area contributed by atoms with Crippen molar-refractivity contribution in [3.8, 4) is 0 Å². The van der Waals surface area contributed by atoms with E-state index in [1.165, 1.54) is 5.69 Å². The first kappa shape index (κ1) is 30.6. The van der Waals surface area contributed by atoms with Crippen LogP contribution in [0.5, 0.6) is 0 Å². The number of morpholine rings is 1. The Kier molecular flexibility index (Phi) is 12.5. The first-order valence-corrected chi connectivity index (χ1v) is 13.6. The highest BCUT2D eigenvalue weighted by atomic mass is 16.5. The maximum atomic E-state index is 12.5. The number of amides is 1. The van der Waals surface area contributed by atoms with Crippen molar-refractivity contribution < 1.29 is 19.1 Å². The summed E-state index contributed by atoms with van der Waals surface area (Å²) in [5, 5.41) is 9.66. The van der Waals surface area contributed by atoms with Gasteiger partial charge in [-0.15, -0.1) is 0 Å². The minimum atomic E-state index is -0.493. The molecule has 0 spiro atoms. The number of ether oxygens (including phenoxy) is 1. The Bertz CT molecular complexity index is 1180. The van der Waals surface area contributed by atoms with Gasteiger partial charge < -0.3 is 25.1 Å². The van der Waals surface area contributed by atoms with Gasteiger partial charge in [-0.05, 0) is 55.1 Å². The quantitative estimate of drug-likeness (QED) is 0.217. The van der Waals surface area contributed by atoms with E-state index in [2.05, 4.69) is 38.8 Å². The molecule has 10 nitrogen and oxygen atoms in total. The van der Waals surface area contributed by atoms with Gasteiger partial charge in [0.25, 0.3) is 0 Å². The lowest BCUT2D eigenvalue weighted by Crippen LogP contribution is -2.44. The van der Waals surface area contributed by atoms with Gasteiger partial charge in [0.15, 0.2) is 0 Å². The fourth-order valence-electron chi connectivity index (χ4n) is 4.89. The number of nitrogens with zero attached hydrogens (tertiary/aromatic N) is 3. The Morgan fingerprint density at radius 1 is 1.20 bits per heavy atom. The molecule has 3 N–H and O–H groups in total. The lowest BCUT2D eigenvalue weighted by Gasteiger charge is -2.29. The van der Waals surface area contributed by atoms with Crippen LogP contribution >= 0.6 is 0 Å². The standard InChI is InChI=1S/C30H40N6O4/c1-32-30(39)29(10-5-15-37)35(2)21-28-24(7-4-8-25(28)22-38)11-12-26(34-31)20-33-19-23-6-3-9-27(18-23)36-13-16-40-17-14-36/h3-4,6-9,15,18,20,22,29,31,33H,5,10-14,16-17,19,21H2,1-2H3,(H,32,39)/b26-20-,34-31?. The number of hydrogen-bond acceptors (Lipinski definition) is 9. The molecule has 10 heteroatoms. The van der Waals surface area contributed by atoms with Crippen LogP contribution in [-0.4, -0.2) is 69.8 Å². The summed E-state index contributed by atoms with van der Waals surface area (Å²) in [6.07, 6.45) is 5.15. The van der Waals surface area contributed by atoms with Crippen LogP contribution in [0.25, 0.3) is 0 Å². The number of nitrogens with one attached hydrogen (secondary N) is 3. The summed E-state index contributed by atoms with van der Waals surface area (Å²) in [7, 11) is 3.39. The third-order valence-electron chi connectivity index (χ3n) is 7.14. The maximum absolute atomic E-state index is 12.5. The third-order valence-corrected chi connectivity index (χ3v) is 7.14. The fourth-order valence-corrected chi connectivity index (χ4v) is 4.89. The Balaban J connectivity index is 1.66. The first-order valence-electron chi connectivity index (χ1n) is 13.6. The molecule has 0 saturated carbocycles. The molecule has 1 atom stereocenters. The van der Waals surface area contributed by atoms with E-state index in [4.69, 9.17) is 10.3 Å². The molecular formula is C30H40N6O4. The number of benzene rings is 2. The molecule has 1 unspecified atom stereocenters. The normalized spacial score (nSPS) is 14.5. The number of allylic oxidation sites excluding steroid dienone is 1. The zero-order valence-corrected chi connectivity index (χ0v) is 23.4. The largest absolute Gasteiger partial charge is 0.385 e. The molecule has 0 bridgehead atoms. The number of aryl methyl sites for hydroxylation is 1. The monoisotopic (exact) mass is 548 g/mol. The molecule has 1 fully saturated rings. The van der Waals surface area contributed by atoms with Crippen LogP contribution in [0.2, 0.25) is 0 Å². The Morgan fingerprint density at radius 2 is 1.98 bits per heavy atom. The topological polar surface area (TPSA) is 127 Å². The number of likely N-dealkylation sites (N-methyl/N-ethyl adjacent to an activating group) is 2. The van der Waals surface area contributed by atoms with E-state index in [1.54, 1.807) is 19.3 Å². The molecule has 1 aliphatic heterocycles. The van der Waals surface area contributed by atoms with Crippen molar-refractivity contribution in [3.05, 3.63) is 76.6 Å². The molecule has 0 aromatic heterocycles. The van der Waals surface area contributed by atoms with Crippen LogP contribution in [0.3, 0.4) is 0 Å². The second-order valence-electron chi connectivity index (χ2n) is 9.79. The van der Waals surface area contributed by atoms with Gasteiger partial charge in [-0.3, -0.25) is 14.5 Å². The van der Waals surface area contributed by atoms with Crippen LogP contribution in [0.4, 0.5) is 5.69 Å². The first-order chi connectivity index (χ1) is 19.5. The summed E-state index contributed by atoms with van der Waals surface area (Å²) < 4.78 is 5.45. The summed E-state index contributed by atoms with van der Waals surface area (Å²) in [6.45, 7) is 4.22. The summed E-state index contributed by atoms with van der Waals surface area (Å²) in [4.78, 5) is 39.4. The molecule has 1 heterocycles. The van der Waals surface area contributed by atoms with Crippen molar-refractivity contribution in [3.63, 3.8) is 0 Å². The molecule has 1 amide bonds. The predicted molar refractivity (Wildman–Crippen MR) is 154 cm³/mol. The van der Waals surface area contributed by atoms with Crippen molar-refractivity contribution in [2.75, 3.05) is 45.3 Å². The zero-order valence-electron chi connectivity index (χ0n) is 23.4. The van der Waals surface area contributed by atoms with Gasteiger partial charge >= 0.3 is 0 Å². The van der Waals surface area contributed by atoms with E-state index in [0.29, 0.717) is 43.6 Å². The second-order valence-corrected chi connectivity index (χ2v) is 9.79. The smallest absolute Gasteiger partial charge is 0.237 e. The maximum Gasteiger partial charge on any atom is 0.237 e. The Labute approximate surface area is 236 Å². The van der Waals surface area contributed by atoms with E-state index in [-0.39, 0.29) is 12.3 Å².